The molecule has 0 heterocycles. The third-order valence-corrected chi connectivity index (χ3v) is 2.05. The molecule has 0 saturated carbocycles. The Bertz CT molecular complexity index is 383. The fourth-order valence-corrected chi connectivity index (χ4v) is 1.24. The zero-order valence-electron chi connectivity index (χ0n) is 8.53. The molecule has 0 unspecified atom stereocenters. The monoisotopic (exact) mass is 208 g/mol. The molecular formula is C12H13FO2. The number of carbonyl (C=O) groups is 1. The third kappa shape index (κ3) is 3.94. The van der Waals surface area contributed by atoms with Gasteiger partial charge in [-0.2, -0.15) is 0 Å². The van der Waals surface area contributed by atoms with Gasteiger partial charge in [-0.05, 0) is 36.6 Å². The molecule has 15 heavy (non-hydrogen) atoms. The van der Waals surface area contributed by atoms with Gasteiger partial charge in [-0.25, -0.2) is 4.39 Å². The number of rotatable bonds is 4. The SMILES string of the molecule is Cc1cc(F)ccc1C=CCCC(=O)O. The van der Waals surface area contributed by atoms with E-state index in [0.717, 1.165) is 11.1 Å². The molecule has 0 radical (unpaired) electrons. The summed E-state index contributed by atoms with van der Waals surface area (Å²) >= 11 is 0. The standard InChI is InChI=1S/C12H13FO2/c1-9-8-11(13)7-6-10(9)4-2-3-5-12(14)15/h2,4,6-8H,3,5H2,1H3,(H,14,15). The van der Waals surface area contributed by atoms with Crippen LogP contribution in [0.2, 0.25) is 0 Å². The molecule has 0 atom stereocenters. The molecule has 0 amide bonds. The Hall–Kier alpha value is -1.64. The van der Waals surface area contributed by atoms with Gasteiger partial charge >= 0.3 is 5.97 Å². The van der Waals surface area contributed by atoms with E-state index in [2.05, 4.69) is 0 Å². The van der Waals surface area contributed by atoms with Crippen LogP contribution in [0.5, 0.6) is 0 Å². The number of allylic oxidation sites excluding steroid dienone is 1. The smallest absolute Gasteiger partial charge is 0.303 e. The molecular weight excluding hydrogens is 195 g/mol. The van der Waals surface area contributed by atoms with Gasteiger partial charge in [0.25, 0.3) is 0 Å². The first-order valence-corrected chi connectivity index (χ1v) is 4.74. The van der Waals surface area contributed by atoms with Crippen molar-refractivity contribution in [3.8, 4) is 0 Å². The number of carboxylic acid groups (broad SMARTS) is 1. The first-order chi connectivity index (χ1) is 7.09. The second-order valence-corrected chi connectivity index (χ2v) is 3.34. The quantitative estimate of drug-likeness (QED) is 0.825. The predicted octanol–water partition coefficient (Wildman–Crippen LogP) is 3.01. The van der Waals surface area contributed by atoms with Gasteiger partial charge in [0.1, 0.15) is 5.82 Å². The number of hydrogen-bond donors (Lipinski definition) is 1. The van der Waals surface area contributed by atoms with Gasteiger partial charge in [0.05, 0.1) is 0 Å². The van der Waals surface area contributed by atoms with Gasteiger partial charge in [0, 0.05) is 6.42 Å². The number of carboxylic acids is 1. The average Bonchev–Trinajstić information content (AvgIpc) is 2.14. The highest BCUT2D eigenvalue weighted by molar-refractivity contribution is 5.67. The number of aryl methyl sites for hydroxylation is 1. The van der Waals surface area contributed by atoms with Crippen molar-refractivity contribution in [3.05, 3.63) is 41.2 Å². The normalized spacial score (nSPS) is 10.8. The Morgan fingerprint density at radius 3 is 2.87 bits per heavy atom. The van der Waals surface area contributed by atoms with Crippen LogP contribution in [0.4, 0.5) is 4.39 Å². The zero-order chi connectivity index (χ0) is 11.3. The Morgan fingerprint density at radius 1 is 1.53 bits per heavy atom. The average molecular weight is 208 g/mol. The first kappa shape index (κ1) is 11.4. The summed E-state index contributed by atoms with van der Waals surface area (Å²) in [5.74, 6) is -1.06. The number of halogens is 1. The maximum absolute atomic E-state index is 12.7. The molecule has 0 aromatic heterocycles. The molecule has 2 nitrogen and oxygen atoms in total. The van der Waals surface area contributed by atoms with Crippen LogP contribution >= 0.6 is 0 Å². The summed E-state index contributed by atoms with van der Waals surface area (Å²) in [4.78, 5) is 10.2. The second-order valence-electron chi connectivity index (χ2n) is 3.34. The van der Waals surface area contributed by atoms with Crippen LogP contribution in [-0.2, 0) is 4.79 Å². The molecule has 1 rings (SSSR count). The lowest BCUT2D eigenvalue weighted by Gasteiger charge is -1.99. The minimum absolute atomic E-state index is 0.122. The summed E-state index contributed by atoms with van der Waals surface area (Å²) in [6.45, 7) is 1.82. The van der Waals surface area contributed by atoms with Crippen molar-refractivity contribution in [2.24, 2.45) is 0 Å². The summed E-state index contributed by atoms with van der Waals surface area (Å²) in [6, 6.07) is 4.53. The largest absolute Gasteiger partial charge is 0.481 e. The van der Waals surface area contributed by atoms with Crippen LogP contribution in [0.15, 0.2) is 24.3 Å². The third-order valence-electron chi connectivity index (χ3n) is 2.05. The number of aliphatic carboxylic acids is 1. The molecule has 0 aliphatic carbocycles. The first-order valence-electron chi connectivity index (χ1n) is 4.74. The highest BCUT2D eigenvalue weighted by Crippen LogP contribution is 2.12. The molecule has 0 fully saturated rings. The van der Waals surface area contributed by atoms with Gasteiger partial charge in [0.15, 0.2) is 0 Å². The van der Waals surface area contributed by atoms with Crippen LogP contribution < -0.4 is 0 Å². The van der Waals surface area contributed by atoms with E-state index in [1.165, 1.54) is 12.1 Å². The van der Waals surface area contributed by atoms with Crippen molar-refractivity contribution >= 4 is 12.0 Å². The van der Waals surface area contributed by atoms with E-state index in [0.29, 0.717) is 6.42 Å². The fraction of sp³-hybridized carbons (Fsp3) is 0.250. The lowest BCUT2D eigenvalue weighted by molar-refractivity contribution is -0.136. The number of hydrogen-bond acceptors (Lipinski definition) is 1. The maximum Gasteiger partial charge on any atom is 0.303 e. The molecule has 0 bridgehead atoms. The summed E-state index contributed by atoms with van der Waals surface area (Å²) in [7, 11) is 0. The van der Waals surface area contributed by atoms with Gasteiger partial charge in [0.2, 0.25) is 0 Å². The maximum atomic E-state index is 12.7. The molecule has 0 saturated heterocycles. The Labute approximate surface area is 88.1 Å². The summed E-state index contributed by atoms with van der Waals surface area (Å²) in [6.07, 6.45) is 4.22. The van der Waals surface area contributed by atoms with Crippen LogP contribution in [0.3, 0.4) is 0 Å². The lowest BCUT2D eigenvalue weighted by Crippen LogP contribution is -1.91. The summed E-state index contributed by atoms with van der Waals surface area (Å²) < 4.78 is 12.7. The highest BCUT2D eigenvalue weighted by Gasteiger charge is 1.96. The van der Waals surface area contributed by atoms with Crippen molar-refractivity contribution in [2.45, 2.75) is 19.8 Å². The molecule has 0 aliphatic heterocycles. The van der Waals surface area contributed by atoms with E-state index in [9.17, 15) is 9.18 Å². The Kier molecular flexibility index (Phi) is 4.03. The van der Waals surface area contributed by atoms with Crippen LogP contribution in [0.1, 0.15) is 24.0 Å². The molecule has 3 heteroatoms. The van der Waals surface area contributed by atoms with Crippen LogP contribution in [0.25, 0.3) is 6.08 Å². The molecule has 1 aromatic carbocycles. The van der Waals surface area contributed by atoms with Crippen molar-refractivity contribution in [2.75, 3.05) is 0 Å². The fourth-order valence-electron chi connectivity index (χ4n) is 1.24. The minimum atomic E-state index is -0.810. The van der Waals surface area contributed by atoms with E-state index in [4.69, 9.17) is 5.11 Å². The van der Waals surface area contributed by atoms with Crippen molar-refractivity contribution in [1.82, 2.24) is 0 Å². The highest BCUT2D eigenvalue weighted by atomic mass is 19.1. The summed E-state index contributed by atoms with van der Waals surface area (Å²) in [5, 5.41) is 8.42. The summed E-state index contributed by atoms with van der Waals surface area (Å²) in [5.41, 5.74) is 1.77. The van der Waals surface area contributed by atoms with E-state index < -0.39 is 5.97 Å². The second kappa shape index (κ2) is 5.29. The van der Waals surface area contributed by atoms with E-state index >= 15 is 0 Å². The lowest BCUT2D eigenvalue weighted by atomic mass is 10.1. The molecule has 1 aromatic rings. The topological polar surface area (TPSA) is 37.3 Å². The zero-order valence-corrected chi connectivity index (χ0v) is 8.53. The predicted molar refractivity (Wildman–Crippen MR) is 57.0 cm³/mol. The Balaban J connectivity index is 2.60. The minimum Gasteiger partial charge on any atom is -0.481 e. The van der Waals surface area contributed by atoms with Gasteiger partial charge in [-0.3, -0.25) is 4.79 Å². The molecule has 80 valence electrons. The van der Waals surface area contributed by atoms with Crippen LogP contribution in [0, 0.1) is 12.7 Å². The molecule has 0 spiro atoms. The van der Waals surface area contributed by atoms with Gasteiger partial charge in [-0.1, -0.05) is 18.2 Å². The van der Waals surface area contributed by atoms with Crippen molar-refractivity contribution in [3.63, 3.8) is 0 Å². The molecule has 1 N–H and O–H groups in total. The number of benzene rings is 1. The van der Waals surface area contributed by atoms with E-state index in [1.807, 2.05) is 13.0 Å². The van der Waals surface area contributed by atoms with Crippen molar-refractivity contribution in [1.29, 1.82) is 0 Å². The van der Waals surface area contributed by atoms with Gasteiger partial charge in [-0.15, -0.1) is 0 Å². The van der Waals surface area contributed by atoms with Crippen LogP contribution in [-0.4, -0.2) is 11.1 Å². The Morgan fingerprint density at radius 2 is 2.27 bits per heavy atom. The van der Waals surface area contributed by atoms with E-state index in [-0.39, 0.29) is 12.2 Å². The molecule has 0 aliphatic rings. The van der Waals surface area contributed by atoms with E-state index in [1.54, 1.807) is 12.1 Å². The van der Waals surface area contributed by atoms with Crippen molar-refractivity contribution < 1.29 is 14.3 Å². The van der Waals surface area contributed by atoms with Gasteiger partial charge < -0.3 is 5.11 Å².